The molecule has 1 aromatic carbocycles. The molecular formula is C23H34N6. The number of anilines is 1. The lowest BCUT2D eigenvalue weighted by atomic mass is 10.2. The fraction of sp³-hybridized carbons (Fsp3) is 0.478. The molecule has 1 aliphatic rings. The number of benzene rings is 1. The van der Waals surface area contributed by atoms with Gasteiger partial charge in [0.2, 0.25) is 0 Å². The fourth-order valence-corrected chi connectivity index (χ4v) is 3.73. The van der Waals surface area contributed by atoms with Gasteiger partial charge in [0, 0.05) is 52.0 Å². The number of aromatic nitrogens is 1. The van der Waals surface area contributed by atoms with Crippen LogP contribution in [0.2, 0.25) is 0 Å². The molecule has 2 aromatic rings. The number of guanidine groups is 1. The van der Waals surface area contributed by atoms with Crippen LogP contribution >= 0.6 is 0 Å². The molecule has 2 N–H and O–H groups in total. The highest BCUT2D eigenvalue weighted by Gasteiger charge is 2.29. The predicted molar refractivity (Wildman–Crippen MR) is 121 cm³/mol. The number of aliphatic imine (C=N–C) groups is 1. The molecule has 0 spiro atoms. The van der Waals surface area contributed by atoms with Gasteiger partial charge in [-0.15, -0.1) is 0 Å². The first-order chi connectivity index (χ1) is 14.0. The molecular weight excluding hydrogens is 360 g/mol. The second-order valence-corrected chi connectivity index (χ2v) is 7.95. The number of rotatable bonds is 7. The maximum Gasteiger partial charge on any atom is 0.191 e. The van der Waals surface area contributed by atoms with Gasteiger partial charge in [-0.3, -0.25) is 4.90 Å². The molecule has 6 nitrogen and oxygen atoms in total. The molecule has 1 fully saturated rings. The van der Waals surface area contributed by atoms with Crippen molar-refractivity contribution in [1.29, 1.82) is 0 Å². The fourth-order valence-electron chi connectivity index (χ4n) is 3.73. The lowest BCUT2D eigenvalue weighted by molar-refractivity contribution is 0.258. The number of nitrogens with one attached hydrogen (secondary N) is 2. The van der Waals surface area contributed by atoms with E-state index in [0.717, 1.165) is 43.4 Å². The van der Waals surface area contributed by atoms with Crippen molar-refractivity contribution in [2.45, 2.75) is 45.4 Å². The van der Waals surface area contributed by atoms with Crippen LogP contribution in [0.3, 0.4) is 0 Å². The average molecular weight is 395 g/mol. The highest BCUT2D eigenvalue weighted by molar-refractivity contribution is 5.80. The number of hydrogen-bond acceptors (Lipinski definition) is 4. The van der Waals surface area contributed by atoms with Crippen molar-refractivity contribution >= 4 is 11.8 Å². The molecule has 2 unspecified atom stereocenters. The third kappa shape index (κ3) is 6.19. The van der Waals surface area contributed by atoms with Crippen molar-refractivity contribution in [2.75, 3.05) is 32.1 Å². The van der Waals surface area contributed by atoms with E-state index in [2.05, 4.69) is 70.8 Å². The van der Waals surface area contributed by atoms with E-state index in [4.69, 9.17) is 4.99 Å². The summed E-state index contributed by atoms with van der Waals surface area (Å²) in [5.41, 5.74) is 2.53. The van der Waals surface area contributed by atoms with Crippen molar-refractivity contribution in [3.05, 3.63) is 59.8 Å². The van der Waals surface area contributed by atoms with E-state index in [1.807, 2.05) is 31.3 Å². The van der Waals surface area contributed by atoms with Gasteiger partial charge in [-0.1, -0.05) is 30.3 Å². The number of nitrogens with zero attached hydrogens (tertiary/aromatic N) is 4. The predicted octanol–water partition coefficient (Wildman–Crippen LogP) is 2.87. The van der Waals surface area contributed by atoms with Crippen LogP contribution in [-0.2, 0) is 13.1 Å². The van der Waals surface area contributed by atoms with E-state index in [-0.39, 0.29) is 0 Å². The lowest BCUT2D eigenvalue weighted by Gasteiger charge is -2.21. The van der Waals surface area contributed by atoms with Gasteiger partial charge in [-0.2, -0.15) is 0 Å². The van der Waals surface area contributed by atoms with Crippen molar-refractivity contribution in [2.24, 2.45) is 4.99 Å². The summed E-state index contributed by atoms with van der Waals surface area (Å²) in [5.74, 6) is 1.84. The maximum absolute atomic E-state index is 4.81. The quantitative estimate of drug-likeness (QED) is 0.559. The molecule has 29 heavy (non-hydrogen) atoms. The highest BCUT2D eigenvalue weighted by Crippen LogP contribution is 2.20. The Morgan fingerprint density at radius 1 is 1.21 bits per heavy atom. The first-order valence-electron chi connectivity index (χ1n) is 10.5. The molecule has 0 radical (unpaired) electrons. The smallest absolute Gasteiger partial charge is 0.191 e. The van der Waals surface area contributed by atoms with Crippen LogP contribution in [0.25, 0.3) is 0 Å². The molecule has 0 bridgehead atoms. The largest absolute Gasteiger partial charge is 0.363 e. The Morgan fingerprint density at radius 2 is 2.00 bits per heavy atom. The van der Waals surface area contributed by atoms with E-state index in [1.165, 1.54) is 5.56 Å². The van der Waals surface area contributed by atoms with Crippen LogP contribution < -0.4 is 15.5 Å². The minimum atomic E-state index is 0.404. The summed E-state index contributed by atoms with van der Waals surface area (Å²) in [5, 5.41) is 7.03. The molecule has 0 aliphatic carbocycles. The lowest BCUT2D eigenvalue weighted by Crippen LogP contribution is -2.44. The molecule has 6 heteroatoms. The zero-order chi connectivity index (χ0) is 20.6. The van der Waals surface area contributed by atoms with Gasteiger partial charge in [0.1, 0.15) is 5.82 Å². The summed E-state index contributed by atoms with van der Waals surface area (Å²) in [7, 11) is 4.01. The van der Waals surface area contributed by atoms with Crippen molar-refractivity contribution in [1.82, 2.24) is 20.5 Å². The van der Waals surface area contributed by atoms with Gasteiger partial charge < -0.3 is 15.5 Å². The van der Waals surface area contributed by atoms with E-state index in [9.17, 15) is 0 Å². The van der Waals surface area contributed by atoms with Crippen LogP contribution in [-0.4, -0.2) is 55.1 Å². The molecule has 1 saturated heterocycles. The highest BCUT2D eigenvalue weighted by atomic mass is 15.3. The maximum atomic E-state index is 4.81. The molecule has 1 aliphatic heterocycles. The van der Waals surface area contributed by atoms with Crippen LogP contribution in [0, 0.1) is 0 Å². The molecule has 0 amide bonds. The van der Waals surface area contributed by atoms with Crippen LogP contribution in [0.5, 0.6) is 0 Å². The summed E-state index contributed by atoms with van der Waals surface area (Å²) in [6.07, 6.45) is 2.97. The monoisotopic (exact) mass is 394 g/mol. The van der Waals surface area contributed by atoms with Crippen LogP contribution in [0.15, 0.2) is 53.7 Å². The molecule has 3 rings (SSSR count). The van der Waals surface area contributed by atoms with E-state index in [0.29, 0.717) is 18.6 Å². The first-order valence-corrected chi connectivity index (χ1v) is 10.5. The van der Waals surface area contributed by atoms with E-state index < -0.39 is 0 Å². The standard InChI is InChI=1S/C23H34N6/c1-5-24-23(26-15-20-11-12-25-22(14-20)28(3)4)27-21-13-18(2)29(17-21)16-19-9-7-6-8-10-19/h6-12,14,18,21H,5,13,15-17H2,1-4H3,(H2,24,26,27). The second-order valence-electron chi connectivity index (χ2n) is 7.95. The number of pyridine rings is 1. The van der Waals surface area contributed by atoms with Crippen molar-refractivity contribution in [3.8, 4) is 0 Å². The van der Waals surface area contributed by atoms with E-state index >= 15 is 0 Å². The van der Waals surface area contributed by atoms with Gasteiger partial charge >= 0.3 is 0 Å². The Bertz CT molecular complexity index is 789. The summed E-state index contributed by atoms with van der Waals surface area (Å²) in [6, 6.07) is 15.8. The Kier molecular flexibility index (Phi) is 7.47. The Balaban J connectivity index is 1.60. The van der Waals surface area contributed by atoms with Gasteiger partial charge in [0.05, 0.1) is 6.54 Å². The van der Waals surface area contributed by atoms with E-state index in [1.54, 1.807) is 0 Å². The summed E-state index contributed by atoms with van der Waals surface area (Å²) in [4.78, 5) is 13.7. The zero-order valence-corrected chi connectivity index (χ0v) is 18.1. The van der Waals surface area contributed by atoms with Crippen molar-refractivity contribution in [3.63, 3.8) is 0 Å². The van der Waals surface area contributed by atoms with Crippen LogP contribution in [0.1, 0.15) is 31.4 Å². The molecule has 0 saturated carbocycles. The SMILES string of the molecule is CCNC(=NCc1ccnc(N(C)C)c1)NC1CC(C)N(Cc2ccccc2)C1. The zero-order valence-electron chi connectivity index (χ0n) is 18.1. The van der Waals surface area contributed by atoms with Gasteiger partial charge in [-0.25, -0.2) is 9.98 Å². The molecule has 2 heterocycles. The molecule has 156 valence electrons. The van der Waals surface area contributed by atoms with Gasteiger partial charge in [0.25, 0.3) is 0 Å². The minimum Gasteiger partial charge on any atom is -0.363 e. The topological polar surface area (TPSA) is 55.8 Å². The number of hydrogen-bond donors (Lipinski definition) is 2. The number of likely N-dealkylation sites (tertiary alicyclic amines) is 1. The Morgan fingerprint density at radius 3 is 2.72 bits per heavy atom. The average Bonchev–Trinajstić information content (AvgIpc) is 3.06. The summed E-state index contributed by atoms with van der Waals surface area (Å²) in [6.45, 7) is 7.93. The third-order valence-electron chi connectivity index (χ3n) is 5.31. The Hall–Kier alpha value is -2.60. The van der Waals surface area contributed by atoms with Crippen LogP contribution in [0.4, 0.5) is 5.82 Å². The molecule has 2 atom stereocenters. The normalized spacial score (nSPS) is 19.9. The van der Waals surface area contributed by atoms with Crippen molar-refractivity contribution < 1.29 is 0 Å². The first kappa shape index (κ1) is 21.1. The summed E-state index contributed by atoms with van der Waals surface area (Å²) >= 11 is 0. The van der Waals surface area contributed by atoms with Gasteiger partial charge in [0.15, 0.2) is 5.96 Å². The Labute approximate surface area is 175 Å². The third-order valence-corrected chi connectivity index (χ3v) is 5.31. The minimum absolute atomic E-state index is 0.404. The second kappa shape index (κ2) is 10.3. The summed E-state index contributed by atoms with van der Waals surface area (Å²) < 4.78 is 0. The van der Waals surface area contributed by atoms with Gasteiger partial charge in [-0.05, 0) is 43.5 Å². The molecule has 1 aromatic heterocycles.